The van der Waals surface area contributed by atoms with Crippen molar-refractivity contribution in [3.63, 3.8) is 0 Å². The fraction of sp³-hybridized carbons (Fsp3) is 0.267. The van der Waals surface area contributed by atoms with Crippen molar-refractivity contribution in [2.45, 2.75) is 26.3 Å². The van der Waals surface area contributed by atoms with E-state index < -0.39 is 0 Å². The van der Waals surface area contributed by atoms with E-state index in [0.29, 0.717) is 11.4 Å². The van der Waals surface area contributed by atoms with E-state index >= 15 is 0 Å². The molecule has 0 aliphatic carbocycles. The predicted octanol–water partition coefficient (Wildman–Crippen LogP) is 3.30. The molecule has 0 fully saturated rings. The average Bonchev–Trinajstić information content (AvgIpc) is 2.37. The summed E-state index contributed by atoms with van der Waals surface area (Å²) in [5.74, 6) is 1.44. The molecule has 102 valence electrons. The SMILES string of the molecule is CC(C)(C)Nc1cc(Nc2cccc(C#N)c2)ncn1. The monoisotopic (exact) mass is 267 g/mol. The number of nitriles is 1. The van der Waals surface area contributed by atoms with Crippen molar-refractivity contribution in [1.82, 2.24) is 9.97 Å². The number of anilines is 3. The molecular formula is C15H17N5. The van der Waals surface area contributed by atoms with E-state index in [4.69, 9.17) is 5.26 Å². The van der Waals surface area contributed by atoms with Gasteiger partial charge in [0.2, 0.25) is 0 Å². The van der Waals surface area contributed by atoms with Gasteiger partial charge in [-0.25, -0.2) is 9.97 Å². The largest absolute Gasteiger partial charge is 0.365 e. The van der Waals surface area contributed by atoms with Crippen LogP contribution in [0.1, 0.15) is 26.3 Å². The number of aromatic nitrogens is 2. The highest BCUT2D eigenvalue weighted by Crippen LogP contribution is 2.19. The molecule has 1 heterocycles. The molecular weight excluding hydrogens is 250 g/mol. The first-order chi connectivity index (χ1) is 9.46. The number of benzene rings is 1. The minimum atomic E-state index is -0.0631. The van der Waals surface area contributed by atoms with Crippen LogP contribution in [0.3, 0.4) is 0 Å². The van der Waals surface area contributed by atoms with Gasteiger partial charge >= 0.3 is 0 Å². The molecule has 0 bridgehead atoms. The minimum Gasteiger partial charge on any atom is -0.365 e. The van der Waals surface area contributed by atoms with E-state index in [1.54, 1.807) is 12.1 Å². The lowest BCUT2D eigenvalue weighted by Gasteiger charge is -2.21. The Morgan fingerprint density at radius 3 is 2.55 bits per heavy atom. The second kappa shape index (κ2) is 5.57. The lowest BCUT2D eigenvalue weighted by molar-refractivity contribution is 0.630. The normalized spacial score (nSPS) is 10.7. The van der Waals surface area contributed by atoms with Crippen LogP contribution >= 0.6 is 0 Å². The van der Waals surface area contributed by atoms with Gasteiger partial charge in [0.05, 0.1) is 11.6 Å². The zero-order valence-corrected chi connectivity index (χ0v) is 11.8. The highest BCUT2D eigenvalue weighted by Gasteiger charge is 2.10. The van der Waals surface area contributed by atoms with Crippen LogP contribution in [-0.4, -0.2) is 15.5 Å². The third-order valence-corrected chi connectivity index (χ3v) is 2.43. The molecule has 0 saturated carbocycles. The standard InChI is InChI=1S/C15H17N5/c1-15(2,3)20-14-8-13(17-10-18-14)19-12-6-4-5-11(7-12)9-16/h4-8,10H,1-3H3,(H2,17,18,19,20). The van der Waals surface area contributed by atoms with Gasteiger partial charge in [0, 0.05) is 17.3 Å². The minimum absolute atomic E-state index is 0.0631. The first-order valence-corrected chi connectivity index (χ1v) is 6.34. The molecule has 5 nitrogen and oxygen atoms in total. The number of nitrogens with zero attached hydrogens (tertiary/aromatic N) is 3. The Bertz CT molecular complexity index is 637. The lowest BCUT2D eigenvalue weighted by Crippen LogP contribution is -2.26. The average molecular weight is 267 g/mol. The lowest BCUT2D eigenvalue weighted by atomic mass is 10.1. The van der Waals surface area contributed by atoms with E-state index in [1.807, 2.05) is 18.2 Å². The summed E-state index contributed by atoms with van der Waals surface area (Å²) in [6, 6.07) is 11.2. The molecule has 0 saturated heterocycles. The Labute approximate surface area is 118 Å². The van der Waals surface area contributed by atoms with E-state index in [-0.39, 0.29) is 5.54 Å². The predicted molar refractivity (Wildman–Crippen MR) is 79.8 cm³/mol. The number of hydrogen-bond acceptors (Lipinski definition) is 5. The molecule has 1 aromatic heterocycles. The Morgan fingerprint density at radius 2 is 1.85 bits per heavy atom. The number of hydrogen-bond donors (Lipinski definition) is 2. The molecule has 20 heavy (non-hydrogen) atoms. The Hall–Kier alpha value is -2.61. The third-order valence-electron chi connectivity index (χ3n) is 2.43. The summed E-state index contributed by atoms with van der Waals surface area (Å²) in [5, 5.41) is 15.3. The molecule has 0 atom stereocenters. The molecule has 0 radical (unpaired) electrons. The van der Waals surface area contributed by atoms with Crippen molar-refractivity contribution in [2.75, 3.05) is 10.6 Å². The van der Waals surface area contributed by atoms with Crippen LogP contribution in [0.15, 0.2) is 36.7 Å². The van der Waals surface area contributed by atoms with Crippen LogP contribution in [0.4, 0.5) is 17.3 Å². The highest BCUT2D eigenvalue weighted by molar-refractivity contribution is 5.60. The van der Waals surface area contributed by atoms with Crippen molar-refractivity contribution in [2.24, 2.45) is 0 Å². The molecule has 1 aromatic carbocycles. The first-order valence-electron chi connectivity index (χ1n) is 6.34. The molecule has 2 aromatic rings. The van der Waals surface area contributed by atoms with Gasteiger partial charge in [0.1, 0.15) is 18.0 Å². The summed E-state index contributed by atoms with van der Waals surface area (Å²) in [7, 11) is 0. The van der Waals surface area contributed by atoms with Crippen molar-refractivity contribution in [1.29, 1.82) is 5.26 Å². The Balaban J connectivity index is 2.17. The quantitative estimate of drug-likeness (QED) is 0.892. The zero-order valence-electron chi connectivity index (χ0n) is 11.8. The van der Waals surface area contributed by atoms with Gasteiger partial charge in [-0.2, -0.15) is 5.26 Å². The number of nitrogens with one attached hydrogen (secondary N) is 2. The molecule has 0 unspecified atom stereocenters. The second-order valence-electron chi connectivity index (χ2n) is 5.48. The van der Waals surface area contributed by atoms with E-state index in [2.05, 4.69) is 47.4 Å². The zero-order chi connectivity index (χ0) is 14.6. The van der Waals surface area contributed by atoms with Crippen LogP contribution in [0.25, 0.3) is 0 Å². The van der Waals surface area contributed by atoms with E-state index in [1.165, 1.54) is 6.33 Å². The molecule has 0 aliphatic heterocycles. The van der Waals surface area contributed by atoms with Gasteiger partial charge in [0.25, 0.3) is 0 Å². The number of rotatable bonds is 3. The van der Waals surface area contributed by atoms with Gasteiger partial charge in [0.15, 0.2) is 0 Å². The van der Waals surface area contributed by atoms with E-state index in [0.717, 1.165) is 11.5 Å². The summed E-state index contributed by atoms with van der Waals surface area (Å²) < 4.78 is 0. The van der Waals surface area contributed by atoms with Crippen molar-refractivity contribution in [3.8, 4) is 6.07 Å². The molecule has 0 spiro atoms. The van der Waals surface area contributed by atoms with Crippen LogP contribution in [0.2, 0.25) is 0 Å². The molecule has 2 N–H and O–H groups in total. The summed E-state index contributed by atoms with van der Waals surface area (Å²) in [4.78, 5) is 8.36. The van der Waals surface area contributed by atoms with Gasteiger partial charge in [-0.15, -0.1) is 0 Å². The fourth-order valence-electron chi connectivity index (χ4n) is 1.69. The van der Waals surface area contributed by atoms with Gasteiger partial charge in [-0.1, -0.05) is 6.07 Å². The maximum Gasteiger partial charge on any atom is 0.135 e. The van der Waals surface area contributed by atoms with Gasteiger partial charge in [-0.3, -0.25) is 0 Å². The molecule has 0 amide bonds. The van der Waals surface area contributed by atoms with E-state index in [9.17, 15) is 0 Å². The Kier molecular flexibility index (Phi) is 3.85. The smallest absolute Gasteiger partial charge is 0.135 e. The van der Waals surface area contributed by atoms with Crippen LogP contribution in [0.5, 0.6) is 0 Å². The summed E-state index contributed by atoms with van der Waals surface area (Å²) in [6.45, 7) is 6.20. The summed E-state index contributed by atoms with van der Waals surface area (Å²) in [6.07, 6.45) is 1.50. The maximum atomic E-state index is 8.89. The molecule has 5 heteroatoms. The molecule has 0 aliphatic rings. The second-order valence-corrected chi connectivity index (χ2v) is 5.48. The maximum absolute atomic E-state index is 8.89. The van der Waals surface area contributed by atoms with Crippen molar-refractivity contribution >= 4 is 17.3 Å². The topological polar surface area (TPSA) is 73.6 Å². The van der Waals surface area contributed by atoms with Crippen LogP contribution in [-0.2, 0) is 0 Å². The first kappa shape index (κ1) is 13.8. The molecule has 2 rings (SSSR count). The summed E-state index contributed by atoms with van der Waals surface area (Å²) >= 11 is 0. The van der Waals surface area contributed by atoms with Gasteiger partial charge < -0.3 is 10.6 Å². The fourth-order valence-corrected chi connectivity index (χ4v) is 1.69. The van der Waals surface area contributed by atoms with Crippen molar-refractivity contribution in [3.05, 3.63) is 42.2 Å². The third kappa shape index (κ3) is 3.95. The van der Waals surface area contributed by atoms with Crippen LogP contribution < -0.4 is 10.6 Å². The highest BCUT2D eigenvalue weighted by atomic mass is 15.1. The van der Waals surface area contributed by atoms with Crippen LogP contribution in [0, 0.1) is 11.3 Å². The Morgan fingerprint density at radius 1 is 1.10 bits per heavy atom. The van der Waals surface area contributed by atoms with Crippen molar-refractivity contribution < 1.29 is 0 Å². The summed E-state index contributed by atoms with van der Waals surface area (Å²) in [5.41, 5.74) is 1.37. The van der Waals surface area contributed by atoms with Gasteiger partial charge in [-0.05, 0) is 39.0 Å².